The van der Waals surface area contributed by atoms with E-state index < -0.39 is 49.5 Å². The molecule has 7 nitrogen and oxygen atoms in total. The molecule has 2 aliphatic heterocycles. The largest absolute Gasteiger partial charge is 0.390 e. The zero-order chi connectivity index (χ0) is 27.9. The van der Waals surface area contributed by atoms with Gasteiger partial charge in [0.1, 0.15) is 18.2 Å². The van der Waals surface area contributed by atoms with Gasteiger partial charge >= 0.3 is 0 Å². The SMILES string of the molecule is C[C@@H]1Cc2c([nH]c3ccc(NO)cc23)[C@@H](c2c(F)cc(NC3CN(CCCF)C3)cc2F)N1CC(F)(F)CO. The summed E-state index contributed by atoms with van der Waals surface area (Å²) in [4.78, 5) is 6.53. The number of hydrogen-bond donors (Lipinski definition) is 5. The number of aromatic nitrogens is 1. The Kier molecular flexibility index (Phi) is 7.73. The molecule has 2 atom stereocenters. The van der Waals surface area contributed by atoms with Gasteiger partial charge in [0.25, 0.3) is 5.92 Å². The van der Waals surface area contributed by atoms with Gasteiger partial charge in [-0.05, 0) is 55.7 Å². The summed E-state index contributed by atoms with van der Waals surface area (Å²) in [6.07, 6.45) is 0.746. The van der Waals surface area contributed by atoms with Crippen LogP contribution < -0.4 is 10.8 Å². The Hall–Kier alpha value is -2.93. The summed E-state index contributed by atoms with van der Waals surface area (Å²) in [5.74, 6) is -5.26. The highest BCUT2D eigenvalue weighted by atomic mass is 19.3. The molecule has 1 aromatic heterocycles. The fourth-order valence-corrected chi connectivity index (χ4v) is 5.79. The van der Waals surface area contributed by atoms with Gasteiger partial charge in [-0.2, -0.15) is 0 Å². The van der Waals surface area contributed by atoms with Crippen molar-refractivity contribution in [3.8, 4) is 0 Å². The summed E-state index contributed by atoms with van der Waals surface area (Å²) in [7, 11) is 0. The average Bonchev–Trinajstić information content (AvgIpc) is 3.23. The summed E-state index contributed by atoms with van der Waals surface area (Å²) < 4.78 is 72.8. The van der Waals surface area contributed by atoms with Crippen LogP contribution in [0.15, 0.2) is 30.3 Å². The lowest BCUT2D eigenvalue weighted by atomic mass is 9.87. The van der Waals surface area contributed by atoms with E-state index in [0.29, 0.717) is 60.3 Å². The minimum absolute atomic E-state index is 0.0432. The first-order chi connectivity index (χ1) is 18.6. The van der Waals surface area contributed by atoms with Crippen LogP contribution in [0.2, 0.25) is 0 Å². The zero-order valence-electron chi connectivity index (χ0n) is 21.5. The van der Waals surface area contributed by atoms with Crippen molar-refractivity contribution in [3.05, 3.63) is 58.8 Å². The Balaban J connectivity index is 1.52. The molecule has 39 heavy (non-hydrogen) atoms. The van der Waals surface area contributed by atoms with E-state index in [-0.39, 0.29) is 17.3 Å². The van der Waals surface area contributed by atoms with Crippen molar-refractivity contribution in [2.24, 2.45) is 0 Å². The first-order valence-electron chi connectivity index (χ1n) is 13.0. The van der Waals surface area contributed by atoms with Gasteiger partial charge in [0.05, 0.1) is 31.0 Å². The normalized spacial score (nSPS) is 20.7. The third kappa shape index (κ3) is 5.43. The molecule has 1 saturated heterocycles. The van der Waals surface area contributed by atoms with E-state index in [1.54, 1.807) is 25.1 Å². The van der Waals surface area contributed by atoms with Crippen molar-refractivity contribution in [1.29, 1.82) is 0 Å². The van der Waals surface area contributed by atoms with Crippen LogP contribution in [-0.4, -0.2) is 82.6 Å². The summed E-state index contributed by atoms with van der Waals surface area (Å²) in [6.45, 7) is 0.872. The van der Waals surface area contributed by atoms with Crippen LogP contribution in [0.5, 0.6) is 0 Å². The molecule has 0 aliphatic carbocycles. The molecule has 12 heteroatoms. The molecule has 5 N–H and O–H groups in total. The number of benzene rings is 2. The minimum Gasteiger partial charge on any atom is -0.390 e. The number of aromatic amines is 1. The van der Waals surface area contributed by atoms with E-state index in [4.69, 9.17) is 0 Å². The molecule has 212 valence electrons. The maximum atomic E-state index is 15.7. The highest BCUT2D eigenvalue weighted by Gasteiger charge is 2.43. The van der Waals surface area contributed by atoms with E-state index in [9.17, 15) is 23.5 Å². The molecular formula is C27H32F5N5O2. The Bertz CT molecular complexity index is 1310. The monoisotopic (exact) mass is 553 g/mol. The van der Waals surface area contributed by atoms with Crippen LogP contribution >= 0.6 is 0 Å². The number of nitrogens with zero attached hydrogens (tertiary/aromatic N) is 2. The highest BCUT2D eigenvalue weighted by molar-refractivity contribution is 5.88. The van der Waals surface area contributed by atoms with Crippen molar-refractivity contribution in [2.75, 3.05) is 50.3 Å². The molecule has 0 saturated carbocycles. The summed E-state index contributed by atoms with van der Waals surface area (Å²) in [5.41, 5.74) is 4.09. The lowest BCUT2D eigenvalue weighted by molar-refractivity contribution is -0.0869. The molecule has 3 aromatic rings. The van der Waals surface area contributed by atoms with E-state index >= 15 is 8.78 Å². The summed E-state index contributed by atoms with van der Waals surface area (Å²) >= 11 is 0. The third-order valence-corrected chi connectivity index (χ3v) is 7.67. The molecule has 0 radical (unpaired) electrons. The van der Waals surface area contributed by atoms with Gasteiger partial charge in [0, 0.05) is 53.5 Å². The van der Waals surface area contributed by atoms with Crippen molar-refractivity contribution >= 4 is 22.3 Å². The van der Waals surface area contributed by atoms with Gasteiger partial charge in [-0.1, -0.05) is 0 Å². The smallest absolute Gasteiger partial charge is 0.283 e. The third-order valence-electron chi connectivity index (χ3n) is 7.67. The standard InChI is InChI=1S/C27H32F5N5O2/c1-15-7-20-19-8-16(35-39)3-4-23(19)34-25(20)26(37(15)13-27(31,32)14-38)24-21(29)9-17(10-22(24)30)33-18-11-36(12-18)6-2-5-28/h3-4,8-10,15,18,26,33-35,38-39H,2,5-7,11-14H2,1H3/t15-,26-/m1/s1. The molecule has 0 unspecified atom stereocenters. The number of likely N-dealkylation sites (tertiary alicyclic amines) is 1. The summed E-state index contributed by atoms with van der Waals surface area (Å²) in [5, 5.41) is 22.4. The van der Waals surface area contributed by atoms with Gasteiger partial charge in [-0.25, -0.2) is 17.6 Å². The molecule has 2 aromatic carbocycles. The van der Waals surface area contributed by atoms with Crippen LogP contribution in [0.4, 0.5) is 33.3 Å². The Morgan fingerprint density at radius 3 is 2.46 bits per heavy atom. The number of fused-ring (bicyclic) bond motifs is 3. The fourth-order valence-electron chi connectivity index (χ4n) is 5.79. The van der Waals surface area contributed by atoms with Crippen LogP contribution in [0, 0.1) is 11.6 Å². The van der Waals surface area contributed by atoms with Gasteiger partial charge in [-0.3, -0.25) is 24.9 Å². The molecule has 0 amide bonds. The van der Waals surface area contributed by atoms with Crippen LogP contribution in [0.1, 0.15) is 36.2 Å². The number of halogens is 5. The first-order valence-corrected chi connectivity index (χ1v) is 13.0. The van der Waals surface area contributed by atoms with Gasteiger partial charge in [0.2, 0.25) is 0 Å². The van der Waals surface area contributed by atoms with Crippen molar-refractivity contribution < 1.29 is 32.3 Å². The van der Waals surface area contributed by atoms with Crippen molar-refractivity contribution in [1.82, 2.24) is 14.8 Å². The second-order valence-corrected chi connectivity index (χ2v) is 10.5. The van der Waals surface area contributed by atoms with Gasteiger partial charge in [-0.15, -0.1) is 0 Å². The molecule has 0 spiro atoms. The molecular weight excluding hydrogens is 521 g/mol. The van der Waals surface area contributed by atoms with E-state index in [1.807, 2.05) is 4.90 Å². The quantitative estimate of drug-likeness (QED) is 0.185. The number of rotatable bonds is 10. The first kappa shape index (κ1) is 27.6. The minimum atomic E-state index is -3.49. The number of H-pyrrole nitrogens is 1. The number of hydrogen-bond acceptors (Lipinski definition) is 6. The van der Waals surface area contributed by atoms with Gasteiger partial charge < -0.3 is 15.4 Å². The predicted octanol–water partition coefficient (Wildman–Crippen LogP) is 4.67. The molecule has 3 heterocycles. The Morgan fingerprint density at radius 2 is 1.82 bits per heavy atom. The van der Waals surface area contributed by atoms with Crippen molar-refractivity contribution in [3.63, 3.8) is 0 Å². The van der Waals surface area contributed by atoms with Crippen LogP contribution in [0.25, 0.3) is 10.9 Å². The maximum Gasteiger partial charge on any atom is 0.283 e. The molecule has 5 rings (SSSR count). The van der Waals surface area contributed by atoms with Crippen LogP contribution in [0.3, 0.4) is 0 Å². The second kappa shape index (κ2) is 10.9. The number of aliphatic hydroxyl groups is 1. The Labute approximate surface area is 222 Å². The van der Waals surface area contributed by atoms with E-state index in [0.717, 1.165) is 0 Å². The fraction of sp³-hybridized carbons (Fsp3) is 0.481. The average molecular weight is 554 g/mol. The van der Waals surface area contributed by atoms with E-state index in [2.05, 4.69) is 15.8 Å². The second-order valence-electron chi connectivity index (χ2n) is 10.5. The highest BCUT2D eigenvalue weighted by Crippen LogP contribution is 2.44. The zero-order valence-corrected chi connectivity index (χ0v) is 21.5. The number of alkyl halides is 3. The maximum absolute atomic E-state index is 15.7. The van der Waals surface area contributed by atoms with Crippen LogP contribution in [-0.2, 0) is 6.42 Å². The predicted molar refractivity (Wildman–Crippen MR) is 138 cm³/mol. The molecule has 0 bridgehead atoms. The van der Waals surface area contributed by atoms with Gasteiger partial charge in [0.15, 0.2) is 0 Å². The number of nitrogens with one attached hydrogen (secondary N) is 3. The van der Waals surface area contributed by atoms with E-state index in [1.165, 1.54) is 17.0 Å². The lowest BCUT2D eigenvalue weighted by Crippen LogP contribution is -2.54. The number of aliphatic hydroxyl groups excluding tert-OH is 1. The number of anilines is 2. The molecule has 1 fully saturated rings. The van der Waals surface area contributed by atoms with Crippen molar-refractivity contribution in [2.45, 2.75) is 43.8 Å². The topological polar surface area (TPSA) is 86.8 Å². The summed E-state index contributed by atoms with van der Waals surface area (Å²) in [6, 6.07) is 5.51. The molecule has 2 aliphatic rings. The Morgan fingerprint density at radius 1 is 1.10 bits per heavy atom. The lowest BCUT2D eigenvalue weighted by Gasteiger charge is -2.42.